The molecule has 20 heavy (non-hydrogen) atoms. The lowest BCUT2D eigenvalue weighted by molar-refractivity contribution is -0.570. The minimum Gasteiger partial charge on any atom is -0.434 e. The summed E-state index contributed by atoms with van der Waals surface area (Å²) in [5.41, 5.74) is 0.137. The molecule has 0 saturated carbocycles. The number of rotatable bonds is 4. The maximum atomic E-state index is 11.6. The second-order valence-electron chi connectivity index (χ2n) is 4.37. The largest absolute Gasteiger partial charge is 0.434 e. The van der Waals surface area contributed by atoms with Gasteiger partial charge in [0.1, 0.15) is 11.7 Å². The summed E-state index contributed by atoms with van der Waals surface area (Å²) in [5, 5.41) is 21.7. The Balaban J connectivity index is 2.49. The number of nitrogens with one attached hydrogen (secondary N) is 1. The number of Topliss-reactive ketones (excluding diaryl/α,β-unsaturated/α-hetero) is 1. The summed E-state index contributed by atoms with van der Waals surface area (Å²) in [6.07, 6.45) is -0.343. The standard InChI is InChI=1S/C11H11N3O6/c1-5(15)9-6(2)20-11(14(18)19)10(9)8-3-7(4-12-8)13(16)17/h3-4,10-12H,1-2H3. The Labute approximate surface area is 112 Å². The molecule has 0 bridgehead atoms. The van der Waals surface area contributed by atoms with Gasteiger partial charge in [0, 0.05) is 11.8 Å². The smallest absolute Gasteiger partial charge is 0.366 e. The number of carbonyl (C=O) groups excluding carboxylic acids is 1. The average Bonchev–Trinajstić information content (AvgIpc) is 2.91. The summed E-state index contributed by atoms with van der Waals surface area (Å²) in [4.78, 5) is 34.7. The van der Waals surface area contributed by atoms with Crippen molar-refractivity contribution in [2.24, 2.45) is 0 Å². The molecular weight excluding hydrogens is 270 g/mol. The Morgan fingerprint density at radius 3 is 2.50 bits per heavy atom. The molecule has 9 nitrogen and oxygen atoms in total. The number of nitro groups is 2. The van der Waals surface area contributed by atoms with Crippen LogP contribution < -0.4 is 0 Å². The van der Waals surface area contributed by atoms with Crippen LogP contribution >= 0.6 is 0 Å². The number of H-pyrrole nitrogens is 1. The second-order valence-corrected chi connectivity index (χ2v) is 4.37. The Kier molecular flexibility index (Phi) is 3.26. The van der Waals surface area contributed by atoms with E-state index in [2.05, 4.69) is 4.98 Å². The third kappa shape index (κ3) is 2.13. The summed E-state index contributed by atoms with van der Waals surface area (Å²) >= 11 is 0. The third-order valence-electron chi connectivity index (χ3n) is 3.10. The van der Waals surface area contributed by atoms with Crippen LogP contribution in [0.15, 0.2) is 23.6 Å². The number of allylic oxidation sites excluding steroid dienone is 1. The first-order valence-corrected chi connectivity index (χ1v) is 5.67. The van der Waals surface area contributed by atoms with Crippen molar-refractivity contribution in [3.8, 4) is 0 Å². The van der Waals surface area contributed by atoms with Gasteiger partial charge in [-0.25, -0.2) is 0 Å². The number of ether oxygens (including phenoxy) is 1. The lowest BCUT2D eigenvalue weighted by Gasteiger charge is -2.12. The Hall–Kier alpha value is -2.71. The van der Waals surface area contributed by atoms with Crippen LogP contribution in [0, 0.1) is 20.2 Å². The Morgan fingerprint density at radius 1 is 1.40 bits per heavy atom. The van der Waals surface area contributed by atoms with E-state index in [-0.39, 0.29) is 28.5 Å². The fourth-order valence-corrected chi connectivity index (χ4v) is 2.30. The van der Waals surface area contributed by atoms with Crippen molar-refractivity contribution in [2.45, 2.75) is 26.0 Å². The zero-order valence-electron chi connectivity index (χ0n) is 10.7. The van der Waals surface area contributed by atoms with Crippen molar-refractivity contribution in [3.05, 3.63) is 49.5 Å². The predicted octanol–water partition coefficient (Wildman–Crippen LogP) is 1.50. The summed E-state index contributed by atoms with van der Waals surface area (Å²) in [7, 11) is 0. The molecule has 2 unspecified atom stereocenters. The Bertz CT molecular complexity index is 632. The second kappa shape index (κ2) is 4.76. The molecular formula is C11H11N3O6. The van der Waals surface area contributed by atoms with Gasteiger partial charge in [0.25, 0.3) is 5.69 Å². The molecule has 2 atom stereocenters. The third-order valence-corrected chi connectivity index (χ3v) is 3.10. The minimum absolute atomic E-state index is 0.156. The molecule has 9 heteroatoms. The highest BCUT2D eigenvalue weighted by Crippen LogP contribution is 2.39. The topological polar surface area (TPSA) is 128 Å². The molecule has 0 spiro atoms. The number of hydrogen-bond donors (Lipinski definition) is 1. The van der Waals surface area contributed by atoms with E-state index < -0.39 is 22.0 Å². The first kappa shape index (κ1) is 13.7. The van der Waals surface area contributed by atoms with Gasteiger partial charge in [0.15, 0.2) is 5.78 Å². The fraction of sp³-hybridized carbons (Fsp3) is 0.364. The normalized spacial score (nSPS) is 21.7. The molecule has 2 heterocycles. The van der Waals surface area contributed by atoms with E-state index in [9.17, 15) is 25.0 Å². The molecule has 106 valence electrons. The molecule has 0 radical (unpaired) electrons. The molecule has 0 fully saturated rings. The minimum atomic E-state index is -1.47. The van der Waals surface area contributed by atoms with Gasteiger partial charge in [-0.15, -0.1) is 0 Å². The van der Waals surface area contributed by atoms with Crippen LogP contribution in [0.4, 0.5) is 5.69 Å². The van der Waals surface area contributed by atoms with E-state index in [0.29, 0.717) is 0 Å². The van der Waals surface area contributed by atoms with E-state index in [0.717, 1.165) is 6.20 Å². The Morgan fingerprint density at radius 2 is 2.05 bits per heavy atom. The van der Waals surface area contributed by atoms with Gasteiger partial charge in [-0.05, 0) is 13.8 Å². The SMILES string of the molecule is CC(=O)C1=C(C)OC([N+](=O)[O-])C1c1cc([N+](=O)[O-])c[nH]1. The zero-order chi connectivity index (χ0) is 15.0. The summed E-state index contributed by atoms with van der Waals surface area (Å²) < 4.78 is 5.10. The quantitative estimate of drug-likeness (QED) is 0.657. The molecule has 1 N–H and O–H groups in total. The van der Waals surface area contributed by atoms with E-state index >= 15 is 0 Å². The number of ketones is 1. The van der Waals surface area contributed by atoms with Gasteiger partial charge in [-0.3, -0.25) is 25.0 Å². The molecule has 1 aliphatic heterocycles. The van der Waals surface area contributed by atoms with Gasteiger partial charge in [-0.1, -0.05) is 0 Å². The number of nitrogens with zero attached hydrogens (tertiary/aromatic N) is 2. The van der Waals surface area contributed by atoms with Crippen molar-refractivity contribution in [1.29, 1.82) is 0 Å². The van der Waals surface area contributed by atoms with Gasteiger partial charge in [-0.2, -0.15) is 0 Å². The summed E-state index contributed by atoms with van der Waals surface area (Å²) in [5.74, 6) is -1.17. The van der Waals surface area contributed by atoms with E-state index in [1.165, 1.54) is 19.9 Å². The number of carbonyl (C=O) groups is 1. The van der Waals surface area contributed by atoms with Gasteiger partial charge >= 0.3 is 6.23 Å². The number of aromatic nitrogens is 1. The number of aromatic amines is 1. The van der Waals surface area contributed by atoms with E-state index in [4.69, 9.17) is 4.74 Å². The van der Waals surface area contributed by atoms with Crippen molar-refractivity contribution in [3.63, 3.8) is 0 Å². The van der Waals surface area contributed by atoms with Crippen LogP contribution in [-0.4, -0.2) is 26.8 Å². The van der Waals surface area contributed by atoms with Gasteiger partial charge < -0.3 is 9.72 Å². The molecule has 0 saturated heterocycles. The predicted molar refractivity (Wildman–Crippen MR) is 65.4 cm³/mol. The van der Waals surface area contributed by atoms with Crippen LogP contribution in [0.3, 0.4) is 0 Å². The van der Waals surface area contributed by atoms with Crippen LogP contribution in [0.5, 0.6) is 0 Å². The highest BCUT2D eigenvalue weighted by atomic mass is 16.7. The van der Waals surface area contributed by atoms with Crippen molar-refractivity contribution < 1.29 is 19.4 Å². The average molecular weight is 281 g/mol. The molecule has 2 rings (SSSR count). The first-order valence-electron chi connectivity index (χ1n) is 5.67. The molecule has 1 aromatic heterocycles. The zero-order valence-corrected chi connectivity index (χ0v) is 10.7. The molecule has 0 aliphatic carbocycles. The maximum absolute atomic E-state index is 11.6. The molecule has 0 amide bonds. The highest BCUT2D eigenvalue weighted by Gasteiger charge is 2.47. The lowest BCUT2D eigenvalue weighted by atomic mass is 9.92. The summed E-state index contributed by atoms with van der Waals surface area (Å²) in [6, 6.07) is 1.17. The van der Waals surface area contributed by atoms with E-state index in [1.54, 1.807) is 0 Å². The molecule has 0 aromatic carbocycles. The summed E-state index contributed by atoms with van der Waals surface area (Å²) in [6.45, 7) is 2.74. The van der Waals surface area contributed by atoms with Gasteiger partial charge in [0.05, 0.1) is 21.6 Å². The van der Waals surface area contributed by atoms with Crippen molar-refractivity contribution in [1.82, 2.24) is 4.98 Å². The molecule has 1 aliphatic rings. The van der Waals surface area contributed by atoms with Crippen molar-refractivity contribution in [2.75, 3.05) is 0 Å². The van der Waals surface area contributed by atoms with Crippen molar-refractivity contribution >= 4 is 11.5 Å². The fourth-order valence-electron chi connectivity index (χ4n) is 2.30. The number of hydrogen-bond acceptors (Lipinski definition) is 6. The van der Waals surface area contributed by atoms with E-state index in [1.807, 2.05) is 0 Å². The van der Waals surface area contributed by atoms with Crippen LogP contribution in [0.2, 0.25) is 0 Å². The monoisotopic (exact) mass is 281 g/mol. The lowest BCUT2D eigenvalue weighted by Crippen LogP contribution is -2.27. The highest BCUT2D eigenvalue weighted by molar-refractivity contribution is 5.95. The van der Waals surface area contributed by atoms with Crippen LogP contribution in [-0.2, 0) is 9.53 Å². The molecule has 1 aromatic rings. The van der Waals surface area contributed by atoms with Crippen LogP contribution in [0.1, 0.15) is 25.5 Å². The maximum Gasteiger partial charge on any atom is 0.366 e. The van der Waals surface area contributed by atoms with Gasteiger partial charge in [0.2, 0.25) is 0 Å². The first-order chi connectivity index (χ1) is 9.32. The van der Waals surface area contributed by atoms with Crippen LogP contribution in [0.25, 0.3) is 0 Å².